The molecule has 3 heteroatoms. The van der Waals surface area contributed by atoms with Crippen molar-refractivity contribution in [2.45, 2.75) is 57.4 Å². The molecule has 1 heterocycles. The number of rotatable bonds is 3. The van der Waals surface area contributed by atoms with E-state index in [9.17, 15) is 4.79 Å². The first-order chi connectivity index (χ1) is 7.75. The number of aliphatic carboxylic acids is 1. The molecular weight excluding hydrogens is 202 g/mol. The molecule has 1 aliphatic carbocycles. The van der Waals surface area contributed by atoms with Crippen molar-refractivity contribution >= 4 is 5.97 Å². The molecule has 3 nitrogen and oxygen atoms in total. The van der Waals surface area contributed by atoms with E-state index in [1.165, 1.54) is 44.9 Å². The highest BCUT2D eigenvalue weighted by atomic mass is 16.4. The van der Waals surface area contributed by atoms with Crippen molar-refractivity contribution in [1.29, 1.82) is 0 Å². The maximum absolute atomic E-state index is 10.9. The van der Waals surface area contributed by atoms with Crippen LogP contribution in [0.15, 0.2) is 0 Å². The van der Waals surface area contributed by atoms with E-state index in [0.717, 1.165) is 18.9 Å². The summed E-state index contributed by atoms with van der Waals surface area (Å²) in [7, 11) is 0. The van der Waals surface area contributed by atoms with Gasteiger partial charge in [0.1, 0.15) is 6.04 Å². The molecule has 1 aliphatic heterocycles. The molecule has 2 N–H and O–H groups in total. The summed E-state index contributed by atoms with van der Waals surface area (Å²) in [6.07, 6.45) is 10.2. The molecule has 2 atom stereocenters. The van der Waals surface area contributed by atoms with Crippen LogP contribution in [0, 0.1) is 11.8 Å². The Morgan fingerprint density at radius 2 is 1.88 bits per heavy atom. The van der Waals surface area contributed by atoms with Crippen LogP contribution in [0.5, 0.6) is 0 Å². The largest absolute Gasteiger partial charge is 0.480 e. The van der Waals surface area contributed by atoms with Crippen LogP contribution in [-0.2, 0) is 4.79 Å². The summed E-state index contributed by atoms with van der Waals surface area (Å²) >= 11 is 0. The summed E-state index contributed by atoms with van der Waals surface area (Å²) in [5, 5.41) is 12.1. The second kappa shape index (κ2) is 5.67. The molecule has 2 rings (SSSR count). The molecule has 1 saturated heterocycles. The van der Waals surface area contributed by atoms with E-state index >= 15 is 0 Å². The molecule has 2 aliphatic rings. The fourth-order valence-corrected chi connectivity index (χ4v) is 3.29. The Morgan fingerprint density at radius 3 is 2.56 bits per heavy atom. The monoisotopic (exact) mass is 225 g/mol. The zero-order chi connectivity index (χ0) is 11.4. The quantitative estimate of drug-likeness (QED) is 0.775. The van der Waals surface area contributed by atoms with Crippen molar-refractivity contribution in [1.82, 2.24) is 5.32 Å². The van der Waals surface area contributed by atoms with E-state index in [0.29, 0.717) is 5.92 Å². The highest BCUT2D eigenvalue weighted by Crippen LogP contribution is 2.32. The molecule has 0 aromatic heterocycles. The van der Waals surface area contributed by atoms with Crippen molar-refractivity contribution in [3.05, 3.63) is 0 Å². The summed E-state index contributed by atoms with van der Waals surface area (Å²) in [5.74, 6) is 0.852. The number of hydrogen-bond donors (Lipinski definition) is 2. The lowest BCUT2D eigenvalue weighted by Crippen LogP contribution is -2.43. The summed E-state index contributed by atoms with van der Waals surface area (Å²) in [6, 6.07) is -0.289. The minimum Gasteiger partial charge on any atom is -0.480 e. The van der Waals surface area contributed by atoms with Gasteiger partial charge in [-0.05, 0) is 37.6 Å². The van der Waals surface area contributed by atoms with Gasteiger partial charge in [-0.2, -0.15) is 0 Å². The number of carbonyl (C=O) groups is 1. The summed E-state index contributed by atoms with van der Waals surface area (Å²) in [6.45, 7) is 0.883. The van der Waals surface area contributed by atoms with Gasteiger partial charge in [-0.15, -0.1) is 0 Å². The first-order valence-electron chi connectivity index (χ1n) is 6.72. The molecule has 0 radical (unpaired) electrons. The van der Waals surface area contributed by atoms with Gasteiger partial charge in [0, 0.05) is 0 Å². The molecular formula is C13H23NO2. The van der Waals surface area contributed by atoms with Gasteiger partial charge in [-0.25, -0.2) is 0 Å². The zero-order valence-corrected chi connectivity index (χ0v) is 9.95. The van der Waals surface area contributed by atoms with Gasteiger partial charge in [0.05, 0.1) is 0 Å². The minimum absolute atomic E-state index is 0.289. The van der Waals surface area contributed by atoms with E-state index in [2.05, 4.69) is 5.32 Å². The molecule has 1 saturated carbocycles. The van der Waals surface area contributed by atoms with Gasteiger partial charge in [0.15, 0.2) is 0 Å². The lowest BCUT2D eigenvalue weighted by Gasteiger charge is -2.31. The molecule has 0 aromatic rings. The SMILES string of the molecule is O=C(O)C1CC(CC2CCCCC2)CCN1. The van der Waals surface area contributed by atoms with Crippen LogP contribution >= 0.6 is 0 Å². The molecule has 0 aromatic carbocycles. The van der Waals surface area contributed by atoms with Gasteiger partial charge in [-0.3, -0.25) is 4.79 Å². The third kappa shape index (κ3) is 3.21. The third-order valence-corrected chi connectivity index (χ3v) is 4.20. The number of carboxylic acid groups (broad SMARTS) is 1. The molecule has 0 spiro atoms. The van der Waals surface area contributed by atoms with Gasteiger partial charge in [0.2, 0.25) is 0 Å². The van der Waals surface area contributed by atoms with Crippen LogP contribution in [0.25, 0.3) is 0 Å². The van der Waals surface area contributed by atoms with Gasteiger partial charge in [-0.1, -0.05) is 32.1 Å². The fourth-order valence-electron chi connectivity index (χ4n) is 3.29. The van der Waals surface area contributed by atoms with E-state index < -0.39 is 5.97 Å². The zero-order valence-electron chi connectivity index (χ0n) is 9.95. The van der Waals surface area contributed by atoms with E-state index in [1.807, 2.05) is 0 Å². The maximum atomic E-state index is 10.9. The number of hydrogen-bond acceptors (Lipinski definition) is 2. The lowest BCUT2D eigenvalue weighted by molar-refractivity contribution is -0.140. The predicted octanol–water partition coefficient (Wildman–Crippen LogP) is 2.41. The first-order valence-corrected chi connectivity index (χ1v) is 6.72. The molecule has 2 unspecified atom stereocenters. The highest BCUT2D eigenvalue weighted by Gasteiger charge is 2.28. The van der Waals surface area contributed by atoms with E-state index in [-0.39, 0.29) is 6.04 Å². The molecule has 2 fully saturated rings. The lowest BCUT2D eigenvalue weighted by atomic mass is 9.79. The summed E-state index contributed by atoms with van der Waals surface area (Å²) < 4.78 is 0. The molecule has 16 heavy (non-hydrogen) atoms. The average Bonchev–Trinajstić information content (AvgIpc) is 2.30. The van der Waals surface area contributed by atoms with Crippen molar-refractivity contribution in [2.75, 3.05) is 6.54 Å². The summed E-state index contributed by atoms with van der Waals surface area (Å²) in [4.78, 5) is 10.9. The maximum Gasteiger partial charge on any atom is 0.320 e. The summed E-state index contributed by atoms with van der Waals surface area (Å²) in [5.41, 5.74) is 0. The van der Waals surface area contributed by atoms with Crippen LogP contribution in [-0.4, -0.2) is 23.7 Å². The number of carboxylic acids is 1. The van der Waals surface area contributed by atoms with Crippen LogP contribution in [0.2, 0.25) is 0 Å². The fraction of sp³-hybridized carbons (Fsp3) is 0.923. The van der Waals surface area contributed by atoms with Crippen LogP contribution in [0.1, 0.15) is 51.4 Å². The Kier molecular flexibility index (Phi) is 4.22. The topological polar surface area (TPSA) is 49.3 Å². The second-order valence-corrected chi connectivity index (χ2v) is 5.48. The highest BCUT2D eigenvalue weighted by molar-refractivity contribution is 5.73. The van der Waals surface area contributed by atoms with Crippen molar-refractivity contribution in [3.8, 4) is 0 Å². The number of piperidine rings is 1. The van der Waals surface area contributed by atoms with Gasteiger partial charge in [0.25, 0.3) is 0 Å². The number of nitrogens with one attached hydrogen (secondary N) is 1. The first kappa shape index (κ1) is 11.9. The molecule has 0 bridgehead atoms. The van der Waals surface area contributed by atoms with Crippen molar-refractivity contribution < 1.29 is 9.90 Å². The van der Waals surface area contributed by atoms with Gasteiger partial charge >= 0.3 is 5.97 Å². The van der Waals surface area contributed by atoms with E-state index in [1.54, 1.807) is 0 Å². The van der Waals surface area contributed by atoms with Crippen LogP contribution in [0.4, 0.5) is 0 Å². The Bertz CT molecular complexity index is 236. The third-order valence-electron chi connectivity index (χ3n) is 4.20. The average molecular weight is 225 g/mol. The van der Waals surface area contributed by atoms with Gasteiger partial charge < -0.3 is 10.4 Å². The Labute approximate surface area is 97.6 Å². The van der Waals surface area contributed by atoms with Crippen LogP contribution in [0.3, 0.4) is 0 Å². The molecule has 0 amide bonds. The smallest absolute Gasteiger partial charge is 0.320 e. The van der Waals surface area contributed by atoms with Crippen LogP contribution < -0.4 is 5.32 Å². The van der Waals surface area contributed by atoms with E-state index in [4.69, 9.17) is 5.11 Å². The van der Waals surface area contributed by atoms with Crippen molar-refractivity contribution in [2.24, 2.45) is 11.8 Å². The Balaban J connectivity index is 1.78. The van der Waals surface area contributed by atoms with Crippen molar-refractivity contribution in [3.63, 3.8) is 0 Å². The Morgan fingerprint density at radius 1 is 1.12 bits per heavy atom. The predicted molar refractivity (Wildman–Crippen MR) is 63.3 cm³/mol. The second-order valence-electron chi connectivity index (χ2n) is 5.48. The minimum atomic E-state index is -0.673. The standard InChI is InChI=1S/C13H23NO2/c15-13(16)12-9-11(6-7-14-12)8-10-4-2-1-3-5-10/h10-12,14H,1-9H2,(H,15,16). The normalized spacial score (nSPS) is 32.5. The molecule has 92 valence electrons. The Hall–Kier alpha value is -0.570.